The molecule has 1 unspecified atom stereocenters. The fraction of sp³-hybridized carbons (Fsp3) is 0.357. The third-order valence-electron chi connectivity index (χ3n) is 3.05. The normalized spacial score (nSPS) is 12.2. The van der Waals surface area contributed by atoms with Gasteiger partial charge in [-0.05, 0) is 37.4 Å². The topological polar surface area (TPSA) is 51.4 Å². The molecule has 0 aromatic carbocycles. The molecular weight excluding hydrogens is 258 g/mol. The molecule has 4 nitrogen and oxygen atoms in total. The number of rotatable bonds is 5. The Morgan fingerprint density at radius 1 is 1.42 bits per heavy atom. The highest BCUT2D eigenvalue weighted by Crippen LogP contribution is 2.29. The first-order valence-corrected chi connectivity index (χ1v) is 7.17. The van der Waals surface area contributed by atoms with Crippen molar-refractivity contribution in [2.75, 3.05) is 24.3 Å². The maximum atomic E-state index is 5.84. The van der Waals surface area contributed by atoms with E-state index in [1.54, 1.807) is 11.3 Å². The van der Waals surface area contributed by atoms with Gasteiger partial charge in [0.05, 0.1) is 18.3 Å². The number of nitrogens with two attached hydrogens (primary N) is 1. The number of ether oxygens (including phenoxy) is 1. The molecule has 0 aliphatic heterocycles. The lowest BCUT2D eigenvalue weighted by Crippen LogP contribution is -2.22. The second kappa shape index (κ2) is 5.93. The molecule has 0 saturated carbocycles. The first-order valence-electron chi connectivity index (χ1n) is 6.29. The Morgan fingerprint density at radius 2 is 2.21 bits per heavy atom. The molecule has 2 heterocycles. The maximum Gasteiger partial charge on any atom is 0.239 e. The quantitative estimate of drug-likeness (QED) is 0.911. The summed E-state index contributed by atoms with van der Waals surface area (Å²) in [6.45, 7) is 4.64. The van der Waals surface area contributed by atoms with Crippen molar-refractivity contribution in [1.82, 2.24) is 4.98 Å². The number of pyridine rings is 1. The molecule has 19 heavy (non-hydrogen) atoms. The summed E-state index contributed by atoms with van der Waals surface area (Å²) in [6, 6.07) is 8.22. The van der Waals surface area contributed by atoms with E-state index in [2.05, 4.69) is 34.3 Å². The zero-order chi connectivity index (χ0) is 13.8. The summed E-state index contributed by atoms with van der Waals surface area (Å²) in [4.78, 5) is 7.90. The molecule has 0 amide bonds. The van der Waals surface area contributed by atoms with Gasteiger partial charge in [0, 0.05) is 11.9 Å². The number of nitrogen functional groups attached to an aromatic ring is 1. The van der Waals surface area contributed by atoms with Crippen LogP contribution in [0.2, 0.25) is 0 Å². The number of hydrogen-bond donors (Lipinski definition) is 1. The fourth-order valence-electron chi connectivity index (χ4n) is 1.81. The fourth-order valence-corrected chi connectivity index (χ4v) is 2.63. The second-order valence-corrected chi connectivity index (χ2v) is 5.28. The van der Waals surface area contributed by atoms with Gasteiger partial charge in [-0.3, -0.25) is 0 Å². The Bertz CT molecular complexity index is 527. The van der Waals surface area contributed by atoms with E-state index in [4.69, 9.17) is 10.5 Å². The van der Waals surface area contributed by atoms with E-state index in [-0.39, 0.29) is 6.04 Å². The molecule has 2 aromatic rings. The van der Waals surface area contributed by atoms with E-state index in [1.807, 2.05) is 26.1 Å². The van der Waals surface area contributed by atoms with Crippen molar-refractivity contribution >= 4 is 22.8 Å². The zero-order valence-corrected chi connectivity index (χ0v) is 12.3. The third-order valence-corrected chi connectivity index (χ3v) is 4.10. The lowest BCUT2D eigenvalue weighted by atomic mass is 10.2. The van der Waals surface area contributed by atoms with Crippen LogP contribution < -0.4 is 15.4 Å². The number of anilines is 2. The lowest BCUT2D eigenvalue weighted by Gasteiger charge is -2.25. The van der Waals surface area contributed by atoms with Gasteiger partial charge in [-0.15, -0.1) is 11.3 Å². The largest absolute Gasteiger partial charge is 0.476 e. The van der Waals surface area contributed by atoms with Crippen LogP contribution in [0.1, 0.15) is 24.8 Å². The monoisotopic (exact) mass is 277 g/mol. The van der Waals surface area contributed by atoms with Crippen LogP contribution in [0.3, 0.4) is 0 Å². The highest BCUT2D eigenvalue weighted by Gasteiger charge is 2.15. The lowest BCUT2D eigenvalue weighted by molar-refractivity contribution is 0.329. The molecule has 2 aromatic heterocycles. The van der Waals surface area contributed by atoms with Gasteiger partial charge in [-0.1, -0.05) is 6.07 Å². The molecule has 2 rings (SSSR count). The molecule has 0 radical (unpaired) electrons. The Balaban J connectivity index is 2.23. The van der Waals surface area contributed by atoms with Crippen molar-refractivity contribution in [1.29, 1.82) is 0 Å². The van der Waals surface area contributed by atoms with Gasteiger partial charge >= 0.3 is 0 Å². The van der Waals surface area contributed by atoms with Gasteiger partial charge in [0.1, 0.15) is 5.82 Å². The summed E-state index contributed by atoms with van der Waals surface area (Å²) in [5, 5.41) is 2.09. The number of nitrogens with zero attached hydrogens (tertiary/aromatic N) is 2. The van der Waals surface area contributed by atoms with Crippen LogP contribution in [0.5, 0.6) is 5.88 Å². The predicted octanol–water partition coefficient (Wildman–Crippen LogP) is 3.32. The van der Waals surface area contributed by atoms with Gasteiger partial charge in [0.15, 0.2) is 0 Å². The van der Waals surface area contributed by atoms with E-state index in [0.29, 0.717) is 18.2 Å². The van der Waals surface area contributed by atoms with Crippen molar-refractivity contribution in [3.8, 4) is 5.88 Å². The molecule has 102 valence electrons. The van der Waals surface area contributed by atoms with Crippen molar-refractivity contribution in [2.45, 2.75) is 19.9 Å². The summed E-state index contributed by atoms with van der Waals surface area (Å²) >= 11 is 1.75. The summed E-state index contributed by atoms with van der Waals surface area (Å²) in [5.41, 5.74) is 6.41. The van der Waals surface area contributed by atoms with Crippen molar-refractivity contribution in [3.05, 3.63) is 34.5 Å². The van der Waals surface area contributed by atoms with Crippen LogP contribution in [0, 0.1) is 0 Å². The summed E-state index contributed by atoms with van der Waals surface area (Å²) in [6.07, 6.45) is 0. The second-order valence-electron chi connectivity index (χ2n) is 4.30. The maximum absolute atomic E-state index is 5.84. The van der Waals surface area contributed by atoms with Crippen LogP contribution in [0.25, 0.3) is 0 Å². The molecule has 1 atom stereocenters. The molecule has 2 N–H and O–H groups in total. The number of thiophene rings is 1. The smallest absolute Gasteiger partial charge is 0.239 e. The van der Waals surface area contributed by atoms with Gasteiger partial charge in [-0.2, -0.15) is 4.98 Å². The van der Waals surface area contributed by atoms with Crippen LogP contribution in [-0.4, -0.2) is 18.6 Å². The zero-order valence-electron chi connectivity index (χ0n) is 11.5. The van der Waals surface area contributed by atoms with Crippen molar-refractivity contribution in [2.24, 2.45) is 0 Å². The Morgan fingerprint density at radius 3 is 2.84 bits per heavy atom. The summed E-state index contributed by atoms with van der Waals surface area (Å²) in [7, 11) is 2.03. The first kappa shape index (κ1) is 13.7. The van der Waals surface area contributed by atoms with Crippen LogP contribution in [-0.2, 0) is 0 Å². The van der Waals surface area contributed by atoms with E-state index in [0.717, 1.165) is 5.82 Å². The van der Waals surface area contributed by atoms with Gasteiger partial charge in [0.25, 0.3) is 0 Å². The molecule has 0 fully saturated rings. The minimum atomic E-state index is 0.269. The van der Waals surface area contributed by atoms with Gasteiger partial charge in [0.2, 0.25) is 5.88 Å². The predicted molar refractivity (Wildman–Crippen MR) is 81.0 cm³/mol. The van der Waals surface area contributed by atoms with Gasteiger partial charge in [-0.25, -0.2) is 0 Å². The van der Waals surface area contributed by atoms with E-state index < -0.39 is 0 Å². The van der Waals surface area contributed by atoms with Crippen LogP contribution >= 0.6 is 11.3 Å². The van der Waals surface area contributed by atoms with Crippen LogP contribution in [0.4, 0.5) is 11.5 Å². The van der Waals surface area contributed by atoms with E-state index in [9.17, 15) is 0 Å². The molecule has 0 aliphatic carbocycles. The Kier molecular flexibility index (Phi) is 4.27. The van der Waals surface area contributed by atoms with Crippen molar-refractivity contribution in [3.63, 3.8) is 0 Å². The third kappa shape index (κ3) is 2.98. The Labute approximate surface area is 117 Å². The van der Waals surface area contributed by atoms with Crippen LogP contribution in [0.15, 0.2) is 29.6 Å². The minimum Gasteiger partial charge on any atom is -0.476 e. The molecule has 0 saturated heterocycles. The molecule has 0 bridgehead atoms. The Hall–Kier alpha value is -1.75. The van der Waals surface area contributed by atoms with Gasteiger partial charge < -0.3 is 15.4 Å². The SMILES string of the molecule is CCOc1nc(N(C)C(C)c2cccs2)ccc1N. The average Bonchev–Trinajstić information content (AvgIpc) is 2.94. The minimum absolute atomic E-state index is 0.269. The molecule has 0 aliphatic rings. The first-order chi connectivity index (χ1) is 9.13. The standard InChI is InChI=1S/C14H19N3OS/c1-4-18-14-11(15)7-8-13(16-14)17(3)10(2)12-6-5-9-19-12/h5-10H,4,15H2,1-3H3. The highest BCUT2D eigenvalue weighted by molar-refractivity contribution is 7.10. The molecular formula is C14H19N3OS. The van der Waals surface area contributed by atoms with E-state index >= 15 is 0 Å². The van der Waals surface area contributed by atoms with E-state index in [1.165, 1.54) is 4.88 Å². The number of hydrogen-bond acceptors (Lipinski definition) is 5. The summed E-state index contributed by atoms with van der Waals surface area (Å²) < 4.78 is 5.44. The highest BCUT2D eigenvalue weighted by atomic mass is 32.1. The molecule has 5 heteroatoms. The number of aromatic nitrogens is 1. The average molecular weight is 277 g/mol. The summed E-state index contributed by atoms with van der Waals surface area (Å²) in [5.74, 6) is 1.36. The van der Waals surface area contributed by atoms with Crippen molar-refractivity contribution < 1.29 is 4.74 Å². The molecule has 0 spiro atoms.